The molecule has 2 rings (SSSR count). The van der Waals surface area contributed by atoms with Crippen molar-refractivity contribution in [3.63, 3.8) is 0 Å². The van der Waals surface area contributed by atoms with Crippen LogP contribution in [-0.4, -0.2) is 41.1 Å². The molecule has 1 heterocycles. The molecule has 0 bridgehead atoms. The largest absolute Gasteiger partial charge is 0.478 e. The molecule has 19 heavy (non-hydrogen) atoms. The Morgan fingerprint density at radius 1 is 1.47 bits per heavy atom. The SMILES string of the molecule is CSC1CNC(C(=O)Nc2cccc(C(=O)O)c2)C1. The lowest BCUT2D eigenvalue weighted by molar-refractivity contribution is -0.117. The van der Waals surface area contributed by atoms with E-state index < -0.39 is 5.97 Å². The van der Waals surface area contributed by atoms with Crippen molar-refractivity contribution in [2.75, 3.05) is 18.1 Å². The van der Waals surface area contributed by atoms with Gasteiger partial charge in [0.2, 0.25) is 5.91 Å². The second-order valence-electron chi connectivity index (χ2n) is 4.43. The highest BCUT2D eigenvalue weighted by Gasteiger charge is 2.28. The number of hydrogen-bond donors (Lipinski definition) is 3. The molecule has 102 valence electrons. The maximum absolute atomic E-state index is 12.0. The third kappa shape index (κ3) is 3.48. The average Bonchev–Trinajstić information content (AvgIpc) is 2.88. The molecule has 3 N–H and O–H groups in total. The van der Waals surface area contributed by atoms with Gasteiger partial charge in [-0.15, -0.1) is 0 Å². The number of amides is 1. The number of aromatic carboxylic acids is 1. The lowest BCUT2D eigenvalue weighted by Gasteiger charge is -2.11. The van der Waals surface area contributed by atoms with Crippen LogP contribution in [0.3, 0.4) is 0 Å². The minimum atomic E-state index is -1.00. The van der Waals surface area contributed by atoms with E-state index in [1.807, 2.05) is 6.26 Å². The van der Waals surface area contributed by atoms with Crippen LogP contribution in [0.2, 0.25) is 0 Å². The van der Waals surface area contributed by atoms with E-state index in [0.717, 1.165) is 13.0 Å². The predicted octanol–water partition coefficient (Wildman–Crippen LogP) is 1.42. The van der Waals surface area contributed by atoms with Crippen molar-refractivity contribution < 1.29 is 14.7 Å². The van der Waals surface area contributed by atoms with Crippen molar-refractivity contribution in [3.8, 4) is 0 Å². The summed E-state index contributed by atoms with van der Waals surface area (Å²) in [6.07, 6.45) is 2.83. The Morgan fingerprint density at radius 3 is 2.89 bits per heavy atom. The van der Waals surface area contributed by atoms with Gasteiger partial charge >= 0.3 is 5.97 Å². The number of nitrogens with one attached hydrogen (secondary N) is 2. The van der Waals surface area contributed by atoms with E-state index in [9.17, 15) is 9.59 Å². The van der Waals surface area contributed by atoms with Crippen LogP contribution >= 0.6 is 11.8 Å². The minimum absolute atomic E-state index is 0.112. The van der Waals surface area contributed by atoms with Gasteiger partial charge in [-0.2, -0.15) is 11.8 Å². The first kappa shape index (κ1) is 13.9. The number of hydrogen-bond acceptors (Lipinski definition) is 4. The fraction of sp³-hybridized carbons (Fsp3) is 0.385. The number of carbonyl (C=O) groups excluding carboxylic acids is 1. The van der Waals surface area contributed by atoms with E-state index in [4.69, 9.17) is 5.11 Å². The smallest absolute Gasteiger partial charge is 0.335 e. The molecule has 1 saturated heterocycles. The summed E-state index contributed by atoms with van der Waals surface area (Å²) in [6.45, 7) is 0.828. The highest BCUT2D eigenvalue weighted by Crippen LogP contribution is 2.19. The van der Waals surface area contributed by atoms with E-state index in [0.29, 0.717) is 10.9 Å². The number of benzene rings is 1. The predicted molar refractivity (Wildman–Crippen MR) is 75.7 cm³/mol. The molecule has 1 aliphatic heterocycles. The Labute approximate surface area is 115 Å². The van der Waals surface area contributed by atoms with E-state index in [2.05, 4.69) is 10.6 Å². The van der Waals surface area contributed by atoms with Gasteiger partial charge in [0.15, 0.2) is 0 Å². The Hall–Kier alpha value is -1.53. The zero-order chi connectivity index (χ0) is 13.8. The maximum Gasteiger partial charge on any atom is 0.335 e. The molecule has 0 spiro atoms. The molecule has 1 aliphatic rings. The fourth-order valence-electron chi connectivity index (χ4n) is 2.04. The van der Waals surface area contributed by atoms with Crippen LogP contribution in [-0.2, 0) is 4.79 Å². The first-order valence-electron chi connectivity index (χ1n) is 6.00. The first-order valence-corrected chi connectivity index (χ1v) is 7.29. The second-order valence-corrected chi connectivity index (χ2v) is 5.57. The van der Waals surface area contributed by atoms with E-state index in [1.54, 1.807) is 23.9 Å². The maximum atomic E-state index is 12.0. The minimum Gasteiger partial charge on any atom is -0.478 e. The van der Waals surface area contributed by atoms with E-state index in [1.165, 1.54) is 12.1 Å². The van der Waals surface area contributed by atoms with Crippen LogP contribution in [0.25, 0.3) is 0 Å². The molecular weight excluding hydrogens is 264 g/mol. The van der Waals surface area contributed by atoms with Gasteiger partial charge in [-0.05, 0) is 30.9 Å². The lowest BCUT2D eigenvalue weighted by Crippen LogP contribution is -2.35. The van der Waals surface area contributed by atoms with Crippen LogP contribution in [0.15, 0.2) is 24.3 Å². The van der Waals surface area contributed by atoms with Crippen molar-refractivity contribution in [2.24, 2.45) is 0 Å². The Bertz CT molecular complexity index is 493. The molecule has 2 unspecified atom stereocenters. The number of carboxylic acids is 1. The Balaban J connectivity index is 1.99. The number of rotatable bonds is 4. The van der Waals surface area contributed by atoms with Gasteiger partial charge in [-0.1, -0.05) is 6.07 Å². The van der Waals surface area contributed by atoms with E-state index in [-0.39, 0.29) is 17.5 Å². The van der Waals surface area contributed by atoms with Crippen LogP contribution < -0.4 is 10.6 Å². The fourth-order valence-corrected chi connectivity index (χ4v) is 2.69. The molecule has 2 atom stereocenters. The lowest BCUT2D eigenvalue weighted by atomic mass is 10.1. The van der Waals surface area contributed by atoms with Crippen molar-refractivity contribution >= 4 is 29.3 Å². The third-order valence-electron chi connectivity index (χ3n) is 3.12. The average molecular weight is 280 g/mol. The molecule has 0 saturated carbocycles. The normalized spacial score (nSPS) is 22.2. The molecule has 1 aromatic rings. The van der Waals surface area contributed by atoms with Crippen LogP contribution in [0.4, 0.5) is 5.69 Å². The Morgan fingerprint density at radius 2 is 2.26 bits per heavy atom. The summed E-state index contributed by atoms with van der Waals surface area (Å²) in [5, 5.41) is 15.3. The Kier molecular flexibility index (Phi) is 4.44. The summed E-state index contributed by atoms with van der Waals surface area (Å²) in [4.78, 5) is 22.9. The van der Waals surface area contributed by atoms with Gasteiger partial charge in [0.1, 0.15) is 0 Å². The zero-order valence-electron chi connectivity index (χ0n) is 10.6. The summed E-state index contributed by atoms with van der Waals surface area (Å²) >= 11 is 1.75. The summed E-state index contributed by atoms with van der Waals surface area (Å²) in [7, 11) is 0. The summed E-state index contributed by atoms with van der Waals surface area (Å²) in [5.41, 5.74) is 0.679. The zero-order valence-corrected chi connectivity index (χ0v) is 11.4. The molecule has 5 nitrogen and oxygen atoms in total. The molecule has 1 amide bonds. The number of anilines is 1. The van der Waals surface area contributed by atoms with Crippen LogP contribution in [0.5, 0.6) is 0 Å². The van der Waals surface area contributed by atoms with Gasteiger partial charge in [-0.25, -0.2) is 4.79 Å². The standard InChI is InChI=1S/C13H16N2O3S/c1-19-10-6-11(14-7-10)12(16)15-9-4-2-3-8(5-9)13(17)18/h2-5,10-11,14H,6-7H2,1H3,(H,15,16)(H,17,18). The van der Waals surface area contributed by atoms with Crippen LogP contribution in [0, 0.1) is 0 Å². The second kappa shape index (κ2) is 6.08. The van der Waals surface area contributed by atoms with Crippen molar-refractivity contribution in [1.82, 2.24) is 5.32 Å². The van der Waals surface area contributed by atoms with Crippen molar-refractivity contribution in [1.29, 1.82) is 0 Å². The molecule has 0 aliphatic carbocycles. The first-order chi connectivity index (χ1) is 9.10. The van der Waals surface area contributed by atoms with Crippen molar-refractivity contribution in [2.45, 2.75) is 17.7 Å². The van der Waals surface area contributed by atoms with E-state index >= 15 is 0 Å². The summed E-state index contributed by atoms with van der Waals surface area (Å²) < 4.78 is 0. The molecule has 0 aromatic heterocycles. The monoisotopic (exact) mass is 280 g/mol. The highest BCUT2D eigenvalue weighted by molar-refractivity contribution is 7.99. The number of carbonyl (C=O) groups is 2. The van der Waals surface area contributed by atoms with Crippen LogP contribution in [0.1, 0.15) is 16.8 Å². The number of carboxylic acid groups (broad SMARTS) is 1. The quantitative estimate of drug-likeness (QED) is 0.777. The third-order valence-corrected chi connectivity index (χ3v) is 4.14. The van der Waals surface area contributed by atoms with Gasteiger partial charge in [0, 0.05) is 17.5 Å². The molecule has 1 fully saturated rings. The molecule has 0 radical (unpaired) electrons. The van der Waals surface area contributed by atoms with Gasteiger partial charge in [0.05, 0.1) is 11.6 Å². The van der Waals surface area contributed by atoms with Gasteiger partial charge in [-0.3, -0.25) is 4.79 Å². The number of thioether (sulfide) groups is 1. The summed E-state index contributed by atoms with van der Waals surface area (Å²) in [5.74, 6) is -1.11. The van der Waals surface area contributed by atoms with Gasteiger partial charge in [0.25, 0.3) is 0 Å². The molecule has 6 heteroatoms. The van der Waals surface area contributed by atoms with Crippen molar-refractivity contribution in [3.05, 3.63) is 29.8 Å². The van der Waals surface area contributed by atoms with Gasteiger partial charge < -0.3 is 15.7 Å². The highest BCUT2D eigenvalue weighted by atomic mass is 32.2. The summed E-state index contributed by atoms with van der Waals surface area (Å²) in [6, 6.07) is 6.06. The topological polar surface area (TPSA) is 78.4 Å². The molecular formula is C13H16N2O3S. The molecule has 1 aromatic carbocycles.